The Morgan fingerprint density at radius 3 is 1.66 bits per heavy atom. The minimum Gasteiger partial charge on any atom is -0.457 e. The highest BCUT2D eigenvalue weighted by molar-refractivity contribution is 6.09. The fourth-order valence-corrected chi connectivity index (χ4v) is 10.4. The van der Waals surface area contributed by atoms with E-state index in [-0.39, 0.29) is 34.2 Å². The number of fused-ring (bicyclic) bond motifs is 4. The van der Waals surface area contributed by atoms with Gasteiger partial charge in [0.2, 0.25) is 5.82 Å². The Bertz CT molecular complexity index is 3800. The van der Waals surface area contributed by atoms with Crippen LogP contribution in [-0.2, 0) is 21.7 Å². The molecule has 0 unspecified atom stereocenters. The number of nitrogens with zero attached hydrogens (tertiary/aromatic N) is 4. The third-order valence-electron chi connectivity index (χ3n) is 14.9. The van der Waals surface area contributed by atoms with Crippen LogP contribution in [0.15, 0.2) is 134 Å². The van der Waals surface area contributed by atoms with Crippen molar-refractivity contribution in [3.63, 3.8) is 0 Å². The van der Waals surface area contributed by atoms with Crippen LogP contribution in [-0.4, -0.2) is 16.2 Å². The zero-order valence-corrected chi connectivity index (χ0v) is 46.5. The summed E-state index contributed by atoms with van der Waals surface area (Å²) < 4.78 is 98.1. The summed E-state index contributed by atoms with van der Waals surface area (Å²) >= 11 is 0. The van der Waals surface area contributed by atoms with E-state index in [1.165, 1.54) is 0 Å². The molecule has 0 fully saturated rings. The van der Waals surface area contributed by atoms with Crippen LogP contribution in [0.2, 0.25) is 0 Å². The fraction of sp³-hybridized carbons (Fsp3) is 0.299. The van der Waals surface area contributed by atoms with Gasteiger partial charge in [-0.15, -0.1) is 0 Å². The Morgan fingerprint density at radius 2 is 1.05 bits per heavy atom. The SMILES string of the molecule is [2H]C(C)(C)c1cc(Oc2ccc3c4ccccc4n(-c4cc(C(C)(C)C)ccn4)c3c2)cc(N2CN(c3c(-c4cc(C(C)(C)C)cc(C(C)(C)C)c4)cc(C(C)(C)C)cc3-c3c(F)c(F)c(F)c(F)c3F)c3ccccc32)c1. The second-order valence-corrected chi connectivity index (χ2v) is 24.9. The first-order valence-corrected chi connectivity index (χ1v) is 26.2. The van der Waals surface area contributed by atoms with Crippen LogP contribution in [0, 0.1) is 29.1 Å². The van der Waals surface area contributed by atoms with Gasteiger partial charge in [0, 0.05) is 47.3 Å². The zero-order chi connectivity index (χ0) is 56.3. The number of rotatable bonds is 8. The van der Waals surface area contributed by atoms with Crippen molar-refractivity contribution in [3.05, 3.63) is 190 Å². The Kier molecular flexibility index (Phi) is 12.7. The molecule has 10 heteroatoms. The highest BCUT2D eigenvalue weighted by atomic mass is 19.2. The van der Waals surface area contributed by atoms with Crippen molar-refractivity contribution in [2.24, 2.45) is 0 Å². The number of hydrogen-bond acceptors (Lipinski definition) is 4. The highest BCUT2D eigenvalue weighted by Crippen LogP contribution is 2.54. The maximum absolute atomic E-state index is 16.7. The Balaban J connectivity index is 1.18. The normalized spacial score (nSPS) is 13.7. The molecule has 0 atom stereocenters. The lowest BCUT2D eigenvalue weighted by Crippen LogP contribution is -2.26. The summed E-state index contributed by atoms with van der Waals surface area (Å²) in [7, 11) is 0. The molecule has 0 spiro atoms. The number of halogens is 5. The first-order valence-electron chi connectivity index (χ1n) is 26.7. The van der Waals surface area contributed by atoms with Gasteiger partial charge in [-0.1, -0.05) is 145 Å². The summed E-state index contributed by atoms with van der Waals surface area (Å²) in [6.45, 7) is 28.7. The standard InChI is InChI=1S/C67H67F5N4O/c1-38(2)39-29-45(35-47(30-39)77-46-23-24-49-48-19-15-16-20-52(48)76(55(49)36-46)56-34-41(25-26-73-56)64(3,4)5)74-37-75(54-22-18-17-21-53(54)74)63-50(40-27-42(65(6,7)8)31-43(28-40)66(9,10)11)32-44(67(12,13)14)33-51(63)57-58(68)60(70)62(72)61(71)59(57)69/h15-36,38H,37H2,1-14H3/i38D. The van der Waals surface area contributed by atoms with E-state index in [4.69, 9.17) is 9.72 Å². The molecule has 0 amide bonds. The molecule has 2 aromatic heterocycles. The summed E-state index contributed by atoms with van der Waals surface area (Å²) in [5.41, 5.74) is 7.21. The molecule has 0 bridgehead atoms. The molecular weight excluding hydrogens is 972 g/mol. The van der Waals surface area contributed by atoms with Crippen molar-refractivity contribution in [1.82, 2.24) is 9.55 Å². The van der Waals surface area contributed by atoms with Crippen molar-refractivity contribution >= 4 is 44.6 Å². The van der Waals surface area contributed by atoms with E-state index in [1.807, 2.05) is 116 Å². The maximum atomic E-state index is 16.7. The maximum Gasteiger partial charge on any atom is 0.200 e. The molecule has 0 saturated heterocycles. The third-order valence-corrected chi connectivity index (χ3v) is 14.9. The molecule has 10 rings (SSSR count). The van der Waals surface area contributed by atoms with Crippen LogP contribution in [0.4, 0.5) is 44.7 Å². The lowest BCUT2D eigenvalue weighted by Gasteiger charge is -2.32. The van der Waals surface area contributed by atoms with Crippen molar-refractivity contribution < 1.29 is 28.1 Å². The van der Waals surface area contributed by atoms with Crippen molar-refractivity contribution in [2.75, 3.05) is 16.5 Å². The van der Waals surface area contributed by atoms with Gasteiger partial charge in [0.25, 0.3) is 0 Å². The van der Waals surface area contributed by atoms with Crippen molar-refractivity contribution in [1.29, 1.82) is 0 Å². The minimum atomic E-state index is -2.23. The smallest absolute Gasteiger partial charge is 0.200 e. The number of anilines is 4. The first kappa shape index (κ1) is 51.6. The molecule has 77 heavy (non-hydrogen) atoms. The molecule has 9 aromatic rings. The first-order chi connectivity index (χ1) is 36.4. The third kappa shape index (κ3) is 9.63. The molecule has 1 aliphatic heterocycles. The quantitative estimate of drug-likeness (QED) is 0.0863. The molecule has 396 valence electrons. The fourth-order valence-electron chi connectivity index (χ4n) is 10.4. The van der Waals surface area contributed by atoms with E-state index in [0.717, 1.165) is 49.9 Å². The van der Waals surface area contributed by atoms with Gasteiger partial charge in [-0.25, -0.2) is 26.9 Å². The second kappa shape index (κ2) is 18.9. The summed E-state index contributed by atoms with van der Waals surface area (Å²) in [6, 6.07) is 41.6. The average Bonchev–Trinajstić information content (AvgIpc) is 3.92. The predicted molar refractivity (Wildman–Crippen MR) is 307 cm³/mol. The second-order valence-electron chi connectivity index (χ2n) is 24.9. The van der Waals surface area contributed by atoms with Crippen LogP contribution in [0.1, 0.15) is 132 Å². The van der Waals surface area contributed by atoms with Gasteiger partial charge >= 0.3 is 0 Å². The van der Waals surface area contributed by atoms with Gasteiger partial charge in [-0.05, 0) is 128 Å². The lowest BCUT2D eigenvalue weighted by atomic mass is 9.77. The molecule has 0 saturated carbocycles. The van der Waals surface area contributed by atoms with Crippen molar-refractivity contribution in [3.8, 4) is 39.6 Å². The molecule has 0 aliphatic carbocycles. The summed E-state index contributed by atoms with van der Waals surface area (Å²) in [5, 5.41) is 2.09. The molecule has 0 N–H and O–H groups in total. The number of hydrogen-bond donors (Lipinski definition) is 0. The molecule has 1 aliphatic rings. The summed E-state index contributed by atoms with van der Waals surface area (Å²) in [5.74, 6) is -9.45. The van der Waals surface area contributed by atoms with E-state index < -0.39 is 46.0 Å². The van der Waals surface area contributed by atoms with Crippen LogP contribution in [0.25, 0.3) is 49.9 Å². The number of aromatic nitrogens is 2. The van der Waals surface area contributed by atoms with E-state index in [2.05, 4.69) is 109 Å². The highest BCUT2D eigenvalue weighted by Gasteiger charge is 2.37. The van der Waals surface area contributed by atoms with Crippen LogP contribution in [0.5, 0.6) is 11.5 Å². The van der Waals surface area contributed by atoms with E-state index >= 15 is 17.6 Å². The monoisotopic (exact) mass is 1040 g/mol. The Hall–Kier alpha value is -7.46. The predicted octanol–water partition coefficient (Wildman–Crippen LogP) is 19.6. The van der Waals surface area contributed by atoms with Gasteiger partial charge in [0.1, 0.15) is 24.0 Å². The molecular formula is C67H67F5N4O. The van der Waals surface area contributed by atoms with Gasteiger partial charge < -0.3 is 14.5 Å². The van der Waals surface area contributed by atoms with Crippen molar-refractivity contribution in [2.45, 2.75) is 124 Å². The molecule has 0 radical (unpaired) electrons. The largest absolute Gasteiger partial charge is 0.457 e. The summed E-state index contributed by atoms with van der Waals surface area (Å²) in [6.07, 6.45) is 1.85. The number of pyridine rings is 1. The van der Waals surface area contributed by atoms with Gasteiger partial charge in [-0.2, -0.15) is 0 Å². The lowest BCUT2D eigenvalue weighted by molar-refractivity contribution is 0.381. The van der Waals surface area contributed by atoms with E-state index in [0.29, 0.717) is 45.3 Å². The van der Waals surface area contributed by atoms with Crippen LogP contribution in [0.3, 0.4) is 0 Å². The van der Waals surface area contributed by atoms with E-state index in [9.17, 15) is 5.76 Å². The molecule has 3 heterocycles. The van der Waals surface area contributed by atoms with Crippen LogP contribution < -0.4 is 14.5 Å². The Morgan fingerprint density at radius 1 is 0.506 bits per heavy atom. The van der Waals surface area contributed by atoms with Gasteiger partial charge in [0.15, 0.2) is 23.3 Å². The summed E-state index contributed by atoms with van der Waals surface area (Å²) in [4.78, 5) is 8.80. The molecule has 7 aromatic carbocycles. The minimum absolute atomic E-state index is 0.0305. The van der Waals surface area contributed by atoms with E-state index in [1.54, 1.807) is 19.9 Å². The molecule has 5 nitrogen and oxygen atoms in total. The number of benzene rings is 7. The van der Waals surface area contributed by atoms with Crippen LogP contribution >= 0.6 is 0 Å². The average molecular weight is 1040 g/mol. The number of ether oxygens (including phenoxy) is 1. The Labute approximate surface area is 451 Å². The topological polar surface area (TPSA) is 33.5 Å². The zero-order valence-electron chi connectivity index (χ0n) is 47.5. The number of para-hydroxylation sites is 3. The van der Waals surface area contributed by atoms with Gasteiger partial charge in [0.05, 0.1) is 33.7 Å². The van der Waals surface area contributed by atoms with Gasteiger partial charge in [-0.3, -0.25) is 4.57 Å².